The van der Waals surface area contributed by atoms with Crippen LogP contribution in [0.5, 0.6) is 5.75 Å². The van der Waals surface area contributed by atoms with Crippen LogP contribution in [0.4, 0.5) is 0 Å². The van der Waals surface area contributed by atoms with Gasteiger partial charge in [0.05, 0.1) is 0 Å². The van der Waals surface area contributed by atoms with Gasteiger partial charge in [-0.1, -0.05) is 18.2 Å². The summed E-state index contributed by atoms with van der Waals surface area (Å²) >= 11 is 0. The maximum atomic E-state index is 10.3. The molecule has 14 heavy (non-hydrogen) atoms. The molecule has 71 valence electrons. The summed E-state index contributed by atoms with van der Waals surface area (Å²) in [6, 6.07) is 9.52. The fourth-order valence-corrected chi connectivity index (χ4v) is 1.34. The molecule has 0 aliphatic rings. The lowest BCUT2D eigenvalue weighted by Crippen LogP contribution is -2.01. The van der Waals surface area contributed by atoms with Crippen molar-refractivity contribution in [2.75, 3.05) is 13.2 Å². The Bertz CT molecular complexity index is 423. The molecule has 3 heteroatoms. The Morgan fingerprint density at radius 2 is 2.07 bits per heavy atom. The Labute approximate surface area is 82.0 Å². The molecule has 0 aliphatic carbocycles. The highest BCUT2D eigenvalue weighted by Crippen LogP contribution is 2.22. The fraction of sp³-hybridized carbons (Fsp3) is 0.182. The monoisotopic (exact) mass is 188 g/mol. The van der Waals surface area contributed by atoms with Crippen LogP contribution in [0.15, 0.2) is 36.5 Å². The van der Waals surface area contributed by atoms with Crippen LogP contribution in [0.1, 0.15) is 0 Å². The van der Waals surface area contributed by atoms with Gasteiger partial charge in [0.2, 0.25) is 0 Å². The second-order valence-corrected chi connectivity index (χ2v) is 2.88. The molecular weight excluding hydrogens is 178 g/mol. The van der Waals surface area contributed by atoms with Gasteiger partial charge in [0.1, 0.15) is 24.5 Å². The maximum absolute atomic E-state index is 10.3. The molecule has 1 aromatic carbocycles. The molecule has 3 nitrogen and oxygen atoms in total. The van der Waals surface area contributed by atoms with Crippen molar-refractivity contribution in [3.63, 3.8) is 0 Å². The quantitative estimate of drug-likeness (QED) is 0.739. The number of rotatable bonds is 3. The normalized spacial score (nSPS) is 10.4. The largest absolute Gasteiger partial charge is 0.489 e. The van der Waals surface area contributed by atoms with Crippen LogP contribution in [-0.4, -0.2) is 18.2 Å². The third-order valence-corrected chi connectivity index (χ3v) is 1.94. The molecule has 0 amide bonds. The molecule has 1 heterocycles. The molecule has 0 saturated carbocycles. The molecule has 0 fully saturated rings. The third-order valence-electron chi connectivity index (χ3n) is 1.94. The van der Waals surface area contributed by atoms with Gasteiger partial charge in [-0.05, 0) is 12.1 Å². The number of fused-ring (bicyclic) bond motifs is 1. The van der Waals surface area contributed by atoms with E-state index < -0.39 is 0 Å². The minimum absolute atomic E-state index is 0.190. The highest BCUT2D eigenvalue weighted by molar-refractivity contribution is 5.84. The molecular formula is C11H10NO2. The van der Waals surface area contributed by atoms with E-state index in [0.29, 0.717) is 5.75 Å². The van der Waals surface area contributed by atoms with E-state index in [1.54, 1.807) is 6.20 Å². The lowest BCUT2D eigenvalue weighted by atomic mass is 10.2. The van der Waals surface area contributed by atoms with Gasteiger partial charge in [-0.2, -0.15) is 0 Å². The van der Waals surface area contributed by atoms with E-state index in [2.05, 4.69) is 4.98 Å². The molecule has 0 bridgehead atoms. The molecule has 1 radical (unpaired) electrons. The van der Waals surface area contributed by atoms with Crippen molar-refractivity contribution >= 4 is 10.9 Å². The van der Waals surface area contributed by atoms with Crippen LogP contribution < -0.4 is 4.74 Å². The van der Waals surface area contributed by atoms with Gasteiger partial charge in [-0.3, -0.25) is 4.98 Å². The predicted molar refractivity (Wildman–Crippen MR) is 52.8 cm³/mol. The molecule has 0 spiro atoms. The van der Waals surface area contributed by atoms with E-state index in [4.69, 9.17) is 4.74 Å². The van der Waals surface area contributed by atoms with Crippen LogP contribution in [0.3, 0.4) is 0 Å². The smallest absolute Gasteiger partial charge is 0.145 e. The number of aromatic nitrogens is 1. The fourth-order valence-electron chi connectivity index (χ4n) is 1.34. The van der Waals surface area contributed by atoms with Gasteiger partial charge < -0.3 is 4.74 Å². The molecule has 0 saturated heterocycles. The van der Waals surface area contributed by atoms with Crippen molar-refractivity contribution in [3.8, 4) is 5.75 Å². The van der Waals surface area contributed by atoms with E-state index in [0.717, 1.165) is 10.9 Å². The number of nitrogens with zero attached hydrogens (tertiary/aromatic N) is 1. The molecule has 0 aliphatic heterocycles. The molecule has 1 aromatic heterocycles. The zero-order valence-corrected chi connectivity index (χ0v) is 7.64. The van der Waals surface area contributed by atoms with Crippen LogP contribution in [0.25, 0.3) is 10.9 Å². The summed E-state index contributed by atoms with van der Waals surface area (Å²) in [6.07, 6.45) is 1.71. The molecule has 0 N–H and O–H groups in total. The lowest BCUT2D eigenvalue weighted by Gasteiger charge is -2.05. The zero-order valence-electron chi connectivity index (χ0n) is 7.64. The Kier molecular flexibility index (Phi) is 2.60. The van der Waals surface area contributed by atoms with E-state index in [-0.39, 0.29) is 13.2 Å². The summed E-state index contributed by atoms with van der Waals surface area (Å²) in [6.45, 7) is -0.0427. The lowest BCUT2D eigenvalue weighted by molar-refractivity contribution is 0.139. The Morgan fingerprint density at radius 3 is 2.93 bits per heavy atom. The van der Waals surface area contributed by atoms with Crippen molar-refractivity contribution < 1.29 is 9.84 Å². The minimum atomic E-state index is -0.233. The molecule has 2 rings (SSSR count). The van der Waals surface area contributed by atoms with Gasteiger partial charge in [0, 0.05) is 11.6 Å². The van der Waals surface area contributed by atoms with Gasteiger partial charge in [-0.25, -0.2) is 5.11 Å². The summed E-state index contributed by atoms with van der Waals surface area (Å²) in [5.41, 5.74) is 0.809. The van der Waals surface area contributed by atoms with E-state index in [9.17, 15) is 5.11 Å². The Morgan fingerprint density at radius 1 is 1.21 bits per heavy atom. The highest BCUT2D eigenvalue weighted by Gasteiger charge is 2.01. The first kappa shape index (κ1) is 8.97. The first-order chi connectivity index (χ1) is 6.92. The van der Waals surface area contributed by atoms with Gasteiger partial charge >= 0.3 is 0 Å². The SMILES string of the molecule is [O]CCOc1cccc2cccnc12. The van der Waals surface area contributed by atoms with Gasteiger partial charge in [0.25, 0.3) is 0 Å². The maximum Gasteiger partial charge on any atom is 0.145 e. The molecule has 2 aromatic rings. The van der Waals surface area contributed by atoms with Crippen molar-refractivity contribution in [3.05, 3.63) is 36.5 Å². The first-order valence-electron chi connectivity index (χ1n) is 4.46. The van der Waals surface area contributed by atoms with E-state index >= 15 is 0 Å². The van der Waals surface area contributed by atoms with E-state index in [1.807, 2.05) is 30.3 Å². The van der Waals surface area contributed by atoms with Crippen LogP contribution >= 0.6 is 0 Å². The van der Waals surface area contributed by atoms with Crippen LogP contribution in [-0.2, 0) is 5.11 Å². The topological polar surface area (TPSA) is 42.0 Å². The van der Waals surface area contributed by atoms with Gasteiger partial charge in [0.15, 0.2) is 0 Å². The van der Waals surface area contributed by atoms with Gasteiger partial charge in [-0.15, -0.1) is 0 Å². The number of benzene rings is 1. The number of hydrogen-bond acceptors (Lipinski definition) is 2. The number of hydrogen-bond donors (Lipinski definition) is 0. The Hall–Kier alpha value is -1.61. The van der Waals surface area contributed by atoms with Crippen molar-refractivity contribution in [2.45, 2.75) is 0 Å². The standard InChI is InChI=1S/C11H10NO2/c13-7-8-14-10-5-1-3-9-4-2-6-12-11(9)10/h1-6H,7-8H2. The van der Waals surface area contributed by atoms with Crippen molar-refractivity contribution in [1.29, 1.82) is 0 Å². The van der Waals surface area contributed by atoms with E-state index in [1.165, 1.54) is 0 Å². The third kappa shape index (κ3) is 1.67. The summed E-state index contributed by atoms with van der Waals surface area (Å²) in [7, 11) is 0. The van der Waals surface area contributed by atoms with Crippen molar-refractivity contribution in [1.82, 2.24) is 4.98 Å². The molecule has 0 atom stereocenters. The second-order valence-electron chi connectivity index (χ2n) is 2.88. The average molecular weight is 188 g/mol. The number of para-hydroxylation sites is 1. The minimum Gasteiger partial charge on any atom is -0.489 e. The molecule has 0 unspecified atom stereocenters. The summed E-state index contributed by atoms with van der Waals surface area (Å²) in [5.74, 6) is 0.680. The summed E-state index contributed by atoms with van der Waals surface area (Å²) < 4.78 is 5.29. The predicted octanol–water partition coefficient (Wildman–Crippen LogP) is 2.04. The summed E-state index contributed by atoms with van der Waals surface area (Å²) in [5, 5.41) is 11.3. The number of ether oxygens (including phenoxy) is 1. The second kappa shape index (κ2) is 4.07. The number of pyridine rings is 1. The first-order valence-corrected chi connectivity index (χ1v) is 4.46. The Balaban J connectivity index is 2.43. The van der Waals surface area contributed by atoms with Crippen molar-refractivity contribution in [2.24, 2.45) is 0 Å². The summed E-state index contributed by atoms with van der Waals surface area (Å²) in [4.78, 5) is 4.21. The van der Waals surface area contributed by atoms with Crippen LogP contribution in [0.2, 0.25) is 0 Å². The highest BCUT2D eigenvalue weighted by atomic mass is 16.5. The van der Waals surface area contributed by atoms with Crippen LogP contribution in [0, 0.1) is 0 Å². The average Bonchev–Trinajstić information content (AvgIpc) is 2.26. The zero-order chi connectivity index (χ0) is 9.80.